The summed E-state index contributed by atoms with van der Waals surface area (Å²) in [4.78, 5) is 13.7. The lowest BCUT2D eigenvalue weighted by molar-refractivity contribution is -0.122. The Balaban J connectivity index is 2.36. The molecular formula is C13H23N5O. The molecule has 1 aliphatic rings. The maximum Gasteiger partial charge on any atom is 0.222 e. The Morgan fingerprint density at radius 1 is 1.47 bits per heavy atom. The van der Waals surface area contributed by atoms with Crippen LogP contribution < -0.4 is 16.4 Å². The highest BCUT2D eigenvalue weighted by molar-refractivity contribution is 5.77. The van der Waals surface area contributed by atoms with Gasteiger partial charge >= 0.3 is 0 Å². The van der Waals surface area contributed by atoms with Crippen LogP contribution in [0.15, 0.2) is 0 Å². The summed E-state index contributed by atoms with van der Waals surface area (Å²) in [7, 11) is 1.92. The normalized spacial score (nSPS) is 23.7. The standard InChI is InChI=1S/C13H23N5O/c1-8-4-5-10(12(15)19)7-18(8)13-11(6-14)9(2)16-17(13)3/h8,10H,4-7,14H2,1-3H3,(H2,15,19). The number of aromatic nitrogens is 2. The predicted octanol–water partition coefficient (Wildman–Crippen LogP) is 0.277. The van der Waals surface area contributed by atoms with Crippen LogP contribution in [0.25, 0.3) is 0 Å². The van der Waals surface area contributed by atoms with Crippen LogP contribution in [0.4, 0.5) is 5.82 Å². The van der Waals surface area contributed by atoms with Gasteiger partial charge in [0.15, 0.2) is 0 Å². The van der Waals surface area contributed by atoms with Gasteiger partial charge in [0.2, 0.25) is 5.91 Å². The van der Waals surface area contributed by atoms with Crippen LogP contribution >= 0.6 is 0 Å². The van der Waals surface area contributed by atoms with Crippen molar-refractivity contribution in [2.75, 3.05) is 11.4 Å². The van der Waals surface area contributed by atoms with Gasteiger partial charge in [0, 0.05) is 31.7 Å². The quantitative estimate of drug-likeness (QED) is 0.821. The van der Waals surface area contributed by atoms with E-state index >= 15 is 0 Å². The van der Waals surface area contributed by atoms with Gasteiger partial charge in [-0.1, -0.05) is 0 Å². The molecule has 0 aliphatic carbocycles. The highest BCUT2D eigenvalue weighted by atomic mass is 16.1. The smallest absolute Gasteiger partial charge is 0.222 e. The molecular weight excluding hydrogens is 242 g/mol. The number of carbonyl (C=O) groups is 1. The van der Waals surface area contributed by atoms with Gasteiger partial charge in [-0.05, 0) is 26.7 Å². The second-order valence-electron chi connectivity index (χ2n) is 5.39. The number of primary amides is 1. The van der Waals surface area contributed by atoms with Gasteiger partial charge in [0.05, 0.1) is 11.6 Å². The lowest BCUT2D eigenvalue weighted by Crippen LogP contribution is -2.47. The number of hydrogen-bond donors (Lipinski definition) is 2. The summed E-state index contributed by atoms with van der Waals surface area (Å²) < 4.78 is 1.86. The molecule has 2 heterocycles. The predicted molar refractivity (Wildman–Crippen MR) is 74.6 cm³/mol. The van der Waals surface area contributed by atoms with Crippen LogP contribution in [-0.4, -0.2) is 28.3 Å². The fourth-order valence-corrected chi connectivity index (χ4v) is 2.92. The highest BCUT2D eigenvalue weighted by Gasteiger charge is 2.31. The molecule has 1 aromatic heterocycles. The van der Waals surface area contributed by atoms with Crippen molar-refractivity contribution in [3.05, 3.63) is 11.3 Å². The summed E-state index contributed by atoms with van der Waals surface area (Å²) >= 11 is 0. The van der Waals surface area contributed by atoms with Crippen molar-refractivity contribution in [2.24, 2.45) is 24.4 Å². The number of hydrogen-bond acceptors (Lipinski definition) is 4. The number of carbonyl (C=O) groups excluding carboxylic acids is 1. The summed E-state index contributed by atoms with van der Waals surface area (Å²) in [6.07, 6.45) is 1.82. The summed E-state index contributed by atoms with van der Waals surface area (Å²) in [6.45, 7) is 5.24. The molecule has 1 aromatic rings. The summed E-state index contributed by atoms with van der Waals surface area (Å²) in [5, 5.41) is 4.44. The molecule has 2 rings (SSSR count). The zero-order chi connectivity index (χ0) is 14.2. The number of anilines is 1. The molecule has 19 heavy (non-hydrogen) atoms. The fraction of sp³-hybridized carbons (Fsp3) is 0.692. The van der Waals surface area contributed by atoms with E-state index in [1.54, 1.807) is 0 Å². The number of rotatable bonds is 3. The van der Waals surface area contributed by atoms with Gasteiger partial charge in [0.1, 0.15) is 5.82 Å². The van der Waals surface area contributed by atoms with E-state index in [1.807, 2.05) is 18.7 Å². The van der Waals surface area contributed by atoms with Crippen molar-refractivity contribution >= 4 is 11.7 Å². The van der Waals surface area contributed by atoms with Crippen LogP contribution in [0.5, 0.6) is 0 Å². The molecule has 6 heteroatoms. The molecule has 1 amide bonds. The van der Waals surface area contributed by atoms with Gasteiger partial charge in [-0.25, -0.2) is 0 Å². The van der Waals surface area contributed by atoms with E-state index in [4.69, 9.17) is 11.5 Å². The van der Waals surface area contributed by atoms with Crippen LogP contribution in [-0.2, 0) is 18.4 Å². The van der Waals surface area contributed by atoms with Crippen molar-refractivity contribution in [1.29, 1.82) is 0 Å². The van der Waals surface area contributed by atoms with Crippen molar-refractivity contribution in [1.82, 2.24) is 9.78 Å². The SMILES string of the molecule is Cc1nn(C)c(N2CC(C(N)=O)CCC2C)c1CN. The Bertz CT molecular complexity index is 482. The summed E-state index contributed by atoms with van der Waals surface area (Å²) in [6, 6.07) is 0.371. The average molecular weight is 265 g/mol. The third-order valence-corrected chi connectivity index (χ3v) is 4.07. The van der Waals surface area contributed by atoms with Gasteiger partial charge in [0.25, 0.3) is 0 Å². The monoisotopic (exact) mass is 265 g/mol. The topological polar surface area (TPSA) is 90.2 Å². The molecule has 0 saturated carbocycles. The minimum Gasteiger partial charge on any atom is -0.369 e. The number of piperidine rings is 1. The van der Waals surface area contributed by atoms with Gasteiger partial charge < -0.3 is 16.4 Å². The van der Waals surface area contributed by atoms with E-state index in [0.29, 0.717) is 19.1 Å². The first-order valence-electron chi connectivity index (χ1n) is 6.74. The Kier molecular flexibility index (Phi) is 3.80. The molecule has 1 saturated heterocycles. The number of amides is 1. The van der Waals surface area contributed by atoms with E-state index < -0.39 is 0 Å². The van der Waals surface area contributed by atoms with Crippen molar-refractivity contribution in [3.63, 3.8) is 0 Å². The number of nitrogens with zero attached hydrogens (tertiary/aromatic N) is 3. The molecule has 0 bridgehead atoms. The molecule has 0 aromatic carbocycles. The Morgan fingerprint density at radius 3 is 2.74 bits per heavy atom. The van der Waals surface area contributed by atoms with Crippen LogP contribution in [0, 0.1) is 12.8 Å². The van der Waals surface area contributed by atoms with Gasteiger partial charge in [-0.3, -0.25) is 9.48 Å². The highest BCUT2D eigenvalue weighted by Crippen LogP contribution is 2.31. The lowest BCUT2D eigenvalue weighted by atomic mass is 9.92. The Labute approximate surface area is 113 Å². The minimum atomic E-state index is -0.218. The molecule has 1 fully saturated rings. The van der Waals surface area contributed by atoms with Gasteiger partial charge in [-0.2, -0.15) is 5.10 Å². The second kappa shape index (κ2) is 5.21. The maximum atomic E-state index is 11.4. The van der Waals surface area contributed by atoms with Crippen LogP contribution in [0.3, 0.4) is 0 Å². The number of aryl methyl sites for hydroxylation is 2. The zero-order valence-corrected chi connectivity index (χ0v) is 11.9. The number of nitrogens with two attached hydrogens (primary N) is 2. The van der Waals surface area contributed by atoms with Gasteiger partial charge in [-0.15, -0.1) is 0 Å². The Hall–Kier alpha value is -1.56. The minimum absolute atomic E-state index is 0.0861. The first-order chi connectivity index (χ1) is 8.95. The van der Waals surface area contributed by atoms with Crippen LogP contribution in [0.2, 0.25) is 0 Å². The molecule has 0 radical (unpaired) electrons. The maximum absolute atomic E-state index is 11.4. The molecule has 0 spiro atoms. The van der Waals surface area contributed by atoms with E-state index in [-0.39, 0.29) is 11.8 Å². The van der Waals surface area contributed by atoms with E-state index in [0.717, 1.165) is 29.9 Å². The molecule has 2 unspecified atom stereocenters. The van der Waals surface area contributed by atoms with Crippen LogP contribution in [0.1, 0.15) is 31.0 Å². The molecule has 2 atom stereocenters. The van der Waals surface area contributed by atoms with Crippen molar-refractivity contribution < 1.29 is 4.79 Å². The molecule has 6 nitrogen and oxygen atoms in total. The fourth-order valence-electron chi connectivity index (χ4n) is 2.92. The van der Waals surface area contributed by atoms with E-state index in [2.05, 4.69) is 16.9 Å². The zero-order valence-electron chi connectivity index (χ0n) is 11.9. The van der Waals surface area contributed by atoms with E-state index in [9.17, 15) is 4.79 Å². The first-order valence-corrected chi connectivity index (χ1v) is 6.74. The largest absolute Gasteiger partial charge is 0.369 e. The van der Waals surface area contributed by atoms with E-state index in [1.165, 1.54) is 0 Å². The average Bonchev–Trinajstić information content (AvgIpc) is 2.63. The van der Waals surface area contributed by atoms with Crippen molar-refractivity contribution in [3.8, 4) is 0 Å². The first kappa shape index (κ1) is 13.9. The molecule has 106 valence electrons. The summed E-state index contributed by atoms with van der Waals surface area (Å²) in [5.74, 6) is 0.723. The lowest BCUT2D eigenvalue weighted by Gasteiger charge is -2.38. The second-order valence-corrected chi connectivity index (χ2v) is 5.39. The summed E-state index contributed by atoms with van der Waals surface area (Å²) in [5.41, 5.74) is 13.3. The molecule has 4 N–H and O–H groups in total. The third-order valence-electron chi connectivity index (χ3n) is 4.07. The van der Waals surface area contributed by atoms with Crippen molar-refractivity contribution in [2.45, 2.75) is 39.3 Å². The third kappa shape index (κ3) is 2.45. The molecule has 1 aliphatic heterocycles. The Morgan fingerprint density at radius 2 is 2.16 bits per heavy atom.